The minimum absolute atomic E-state index is 0.673. The van der Waals surface area contributed by atoms with E-state index in [1.54, 1.807) is 0 Å². The summed E-state index contributed by atoms with van der Waals surface area (Å²) in [5.41, 5.74) is 3.27. The van der Waals surface area contributed by atoms with Crippen molar-refractivity contribution in [2.45, 2.75) is 26.4 Å². The zero-order chi connectivity index (χ0) is 14.7. The van der Waals surface area contributed by atoms with Gasteiger partial charge >= 0.3 is 0 Å². The van der Waals surface area contributed by atoms with Crippen molar-refractivity contribution in [2.24, 2.45) is 0 Å². The van der Waals surface area contributed by atoms with Crippen LogP contribution in [0.1, 0.15) is 18.9 Å². The fourth-order valence-corrected chi connectivity index (χ4v) is 2.68. The molecule has 0 aliphatic carbocycles. The number of fused-ring (bicyclic) bond motifs is 1. The lowest BCUT2D eigenvalue weighted by Gasteiger charge is -2.10. The molecule has 2 aromatic carbocycles. The second kappa shape index (κ2) is 6.19. The smallest absolute Gasteiger partial charge is 0.204 e. The van der Waals surface area contributed by atoms with E-state index in [1.165, 1.54) is 5.52 Å². The van der Waals surface area contributed by atoms with E-state index in [9.17, 15) is 0 Å². The standard InChI is InChI=1S/C17H18ClN3/c1-2-11-21-16-10-6-5-9-15(16)20-17(21)19-12-13-7-3-4-8-14(13)18/h3-10H,2,11-12H2,1H3,(H,19,20). The van der Waals surface area contributed by atoms with Gasteiger partial charge in [0.1, 0.15) is 0 Å². The topological polar surface area (TPSA) is 29.9 Å². The fraction of sp³-hybridized carbons (Fsp3) is 0.235. The van der Waals surface area contributed by atoms with Crippen LogP contribution in [0.3, 0.4) is 0 Å². The van der Waals surface area contributed by atoms with Crippen LogP contribution in [0.4, 0.5) is 5.95 Å². The molecule has 4 heteroatoms. The second-order valence-electron chi connectivity index (χ2n) is 5.02. The van der Waals surface area contributed by atoms with E-state index >= 15 is 0 Å². The maximum absolute atomic E-state index is 6.20. The van der Waals surface area contributed by atoms with Gasteiger partial charge in [-0.15, -0.1) is 0 Å². The number of para-hydroxylation sites is 2. The Balaban J connectivity index is 1.89. The first-order chi connectivity index (χ1) is 10.3. The number of imidazole rings is 1. The molecule has 0 radical (unpaired) electrons. The average molecular weight is 300 g/mol. The first-order valence-corrected chi connectivity index (χ1v) is 7.60. The Kier molecular flexibility index (Phi) is 4.11. The predicted molar refractivity (Wildman–Crippen MR) is 88.8 cm³/mol. The highest BCUT2D eigenvalue weighted by Gasteiger charge is 2.09. The monoisotopic (exact) mass is 299 g/mol. The number of nitrogens with zero attached hydrogens (tertiary/aromatic N) is 2. The van der Waals surface area contributed by atoms with Gasteiger partial charge in [0.25, 0.3) is 0 Å². The third kappa shape index (κ3) is 2.88. The van der Waals surface area contributed by atoms with Gasteiger partial charge < -0.3 is 9.88 Å². The van der Waals surface area contributed by atoms with Crippen molar-refractivity contribution in [2.75, 3.05) is 5.32 Å². The Hall–Kier alpha value is -2.00. The predicted octanol–water partition coefficient (Wildman–Crippen LogP) is 4.71. The zero-order valence-corrected chi connectivity index (χ0v) is 12.8. The van der Waals surface area contributed by atoms with Crippen molar-refractivity contribution in [3.63, 3.8) is 0 Å². The molecule has 0 saturated carbocycles. The summed E-state index contributed by atoms with van der Waals surface area (Å²) in [7, 11) is 0. The third-order valence-corrected chi connectivity index (χ3v) is 3.87. The van der Waals surface area contributed by atoms with Crippen molar-refractivity contribution in [1.29, 1.82) is 0 Å². The van der Waals surface area contributed by atoms with Crippen molar-refractivity contribution in [1.82, 2.24) is 9.55 Å². The lowest BCUT2D eigenvalue weighted by molar-refractivity contribution is 0.700. The van der Waals surface area contributed by atoms with Crippen molar-refractivity contribution in [3.05, 3.63) is 59.1 Å². The molecule has 3 aromatic rings. The Morgan fingerprint density at radius 1 is 1.10 bits per heavy atom. The largest absolute Gasteiger partial charge is 0.351 e. The molecule has 0 amide bonds. The Bertz CT molecular complexity index is 749. The number of hydrogen-bond acceptors (Lipinski definition) is 2. The van der Waals surface area contributed by atoms with Gasteiger partial charge in [0.15, 0.2) is 0 Å². The molecule has 0 saturated heterocycles. The van der Waals surface area contributed by atoms with Crippen LogP contribution in [0.15, 0.2) is 48.5 Å². The molecule has 3 nitrogen and oxygen atoms in total. The highest BCUT2D eigenvalue weighted by Crippen LogP contribution is 2.22. The summed E-state index contributed by atoms with van der Waals surface area (Å²) in [5.74, 6) is 0.901. The van der Waals surface area contributed by atoms with Crippen LogP contribution < -0.4 is 5.32 Å². The normalized spacial score (nSPS) is 11.0. The summed E-state index contributed by atoms with van der Waals surface area (Å²) in [5, 5.41) is 4.19. The van der Waals surface area contributed by atoms with Crippen LogP contribution in [0, 0.1) is 0 Å². The minimum atomic E-state index is 0.673. The molecule has 0 fully saturated rings. The Morgan fingerprint density at radius 3 is 2.67 bits per heavy atom. The van der Waals surface area contributed by atoms with Crippen molar-refractivity contribution in [3.8, 4) is 0 Å². The van der Waals surface area contributed by atoms with Crippen LogP contribution >= 0.6 is 11.6 Å². The van der Waals surface area contributed by atoms with Gasteiger partial charge in [-0.2, -0.15) is 0 Å². The first kappa shape index (κ1) is 14.0. The quantitative estimate of drug-likeness (QED) is 0.739. The second-order valence-corrected chi connectivity index (χ2v) is 5.43. The van der Waals surface area contributed by atoms with E-state index in [2.05, 4.69) is 27.9 Å². The Morgan fingerprint density at radius 2 is 1.86 bits per heavy atom. The van der Waals surface area contributed by atoms with Gasteiger partial charge in [-0.05, 0) is 30.2 Å². The zero-order valence-electron chi connectivity index (χ0n) is 12.0. The number of rotatable bonds is 5. The van der Waals surface area contributed by atoms with E-state index in [1.807, 2.05) is 42.5 Å². The highest BCUT2D eigenvalue weighted by molar-refractivity contribution is 6.31. The van der Waals surface area contributed by atoms with Crippen LogP contribution in [-0.4, -0.2) is 9.55 Å². The van der Waals surface area contributed by atoms with Crippen LogP contribution in [0.2, 0.25) is 5.02 Å². The maximum atomic E-state index is 6.20. The molecular weight excluding hydrogens is 282 g/mol. The van der Waals surface area contributed by atoms with Gasteiger partial charge in [0, 0.05) is 18.1 Å². The lowest BCUT2D eigenvalue weighted by atomic mass is 10.2. The van der Waals surface area contributed by atoms with E-state index in [0.29, 0.717) is 6.54 Å². The maximum Gasteiger partial charge on any atom is 0.204 e. The van der Waals surface area contributed by atoms with E-state index in [-0.39, 0.29) is 0 Å². The molecule has 1 aromatic heterocycles. The summed E-state index contributed by atoms with van der Waals surface area (Å²) >= 11 is 6.20. The molecule has 21 heavy (non-hydrogen) atoms. The van der Waals surface area contributed by atoms with Crippen molar-refractivity contribution < 1.29 is 0 Å². The number of aromatic nitrogens is 2. The Labute approximate surface area is 129 Å². The highest BCUT2D eigenvalue weighted by atomic mass is 35.5. The first-order valence-electron chi connectivity index (χ1n) is 7.22. The molecule has 0 spiro atoms. The summed E-state index contributed by atoms with van der Waals surface area (Å²) < 4.78 is 2.23. The van der Waals surface area contributed by atoms with Gasteiger partial charge in [0.05, 0.1) is 11.0 Å². The molecule has 1 heterocycles. The molecule has 0 atom stereocenters. The SMILES string of the molecule is CCCn1c(NCc2ccccc2Cl)nc2ccccc21. The van der Waals surface area contributed by atoms with Gasteiger partial charge in [0.2, 0.25) is 5.95 Å². The molecule has 0 aliphatic heterocycles. The summed E-state index contributed by atoms with van der Waals surface area (Å²) in [4.78, 5) is 4.68. The van der Waals surface area contributed by atoms with E-state index in [4.69, 9.17) is 11.6 Å². The van der Waals surface area contributed by atoms with Crippen LogP contribution in [0.25, 0.3) is 11.0 Å². The molecule has 108 valence electrons. The molecule has 0 aliphatic rings. The van der Waals surface area contributed by atoms with Crippen LogP contribution in [-0.2, 0) is 13.1 Å². The minimum Gasteiger partial charge on any atom is -0.351 e. The molecular formula is C17H18ClN3. The third-order valence-electron chi connectivity index (χ3n) is 3.50. The van der Waals surface area contributed by atoms with Gasteiger partial charge in [-0.1, -0.05) is 48.9 Å². The lowest BCUT2D eigenvalue weighted by Crippen LogP contribution is -2.07. The molecule has 0 unspecified atom stereocenters. The number of hydrogen-bond donors (Lipinski definition) is 1. The summed E-state index contributed by atoms with van der Waals surface area (Å²) in [6, 6.07) is 16.1. The van der Waals surface area contributed by atoms with E-state index < -0.39 is 0 Å². The molecule has 0 bridgehead atoms. The number of nitrogens with one attached hydrogen (secondary N) is 1. The fourth-order valence-electron chi connectivity index (χ4n) is 2.48. The number of aryl methyl sites for hydroxylation is 1. The van der Waals surface area contributed by atoms with Gasteiger partial charge in [-0.3, -0.25) is 0 Å². The number of anilines is 1. The number of halogens is 1. The number of benzene rings is 2. The van der Waals surface area contributed by atoms with Crippen molar-refractivity contribution >= 4 is 28.6 Å². The molecule has 1 N–H and O–H groups in total. The van der Waals surface area contributed by atoms with Gasteiger partial charge in [-0.25, -0.2) is 4.98 Å². The summed E-state index contributed by atoms with van der Waals surface area (Å²) in [6.07, 6.45) is 1.07. The summed E-state index contributed by atoms with van der Waals surface area (Å²) in [6.45, 7) is 3.80. The molecule has 3 rings (SSSR count). The van der Waals surface area contributed by atoms with E-state index in [0.717, 1.165) is 35.0 Å². The average Bonchev–Trinajstić information content (AvgIpc) is 2.85. The van der Waals surface area contributed by atoms with Crippen LogP contribution in [0.5, 0.6) is 0 Å².